The molecule has 1 aromatic carbocycles. The summed E-state index contributed by atoms with van der Waals surface area (Å²) in [6, 6.07) is 6.62. The van der Waals surface area contributed by atoms with Gasteiger partial charge in [0.1, 0.15) is 17.9 Å². The second-order valence-corrected chi connectivity index (χ2v) is 4.62. The van der Waals surface area contributed by atoms with Crippen LogP contribution in [0.4, 0.5) is 8.78 Å². The summed E-state index contributed by atoms with van der Waals surface area (Å²) < 4.78 is 28.2. The number of hydrogen-bond acceptors (Lipinski definition) is 4. The summed E-state index contributed by atoms with van der Waals surface area (Å²) in [4.78, 5) is 15.3. The summed E-state index contributed by atoms with van der Waals surface area (Å²) >= 11 is 0.917. The smallest absolute Gasteiger partial charge is 0.269 e. The minimum absolute atomic E-state index is 0.0681. The van der Waals surface area contributed by atoms with Crippen LogP contribution < -0.4 is 4.87 Å². The fourth-order valence-electron chi connectivity index (χ4n) is 1.90. The minimum Gasteiger partial charge on any atom is -0.269 e. The Morgan fingerprint density at radius 1 is 1.32 bits per heavy atom. The highest BCUT2D eigenvalue weighted by Crippen LogP contribution is 2.23. The third kappa shape index (κ3) is 2.03. The maximum atomic E-state index is 13.1. The van der Waals surface area contributed by atoms with Gasteiger partial charge in [-0.3, -0.25) is 9.36 Å². The van der Waals surface area contributed by atoms with E-state index in [1.165, 1.54) is 5.51 Å². The van der Waals surface area contributed by atoms with Crippen LogP contribution in [0.5, 0.6) is 0 Å². The summed E-state index contributed by atoms with van der Waals surface area (Å²) in [5.74, 6) is 0.115. The summed E-state index contributed by atoms with van der Waals surface area (Å²) in [6.45, 7) is -2.78. The largest absolute Gasteiger partial charge is 0.325 e. The van der Waals surface area contributed by atoms with Crippen LogP contribution in [-0.2, 0) is 6.54 Å². The van der Waals surface area contributed by atoms with Crippen molar-refractivity contribution in [3.8, 4) is 0 Å². The highest BCUT2D eigenvalue weighted by atomic mass is 32.1. The molecule has 98 valence electrons. The van der Waals surface area contributed by atoms with Crippen molar-refractivity contribution in [3.63, 3.8) is 0 Å². The highest BCUT2D eigenvalue weighted by molar-refractivity contribution is 7.06. The number of fused-ring (bicyclic) bond motifs is 1. The number of benzene rings is 1. The standard InChI is InChI=1S/C11H8F2N4OS/c12-10(13)17-8-4-2-1-3-7(8)15-9(17)5-16-11(18)19-6-14-16/h1-4,6,10H,5H2. The van der Waals surface area contributed by atoms with E-state index in [0.29, 0.717) is 11.0 Å². The number of aromatic nitrogens is 4. The summed E-state index contributed by atoms with van der Waals surface area (Å²) in [7, 11) is 0. The zero-order chi connectivity index (χ0) is 13.4. The van der Waals surface area contributed by atoms with Crippen LogP contribution in [0.3, 0.4) is 0 Å². The molecule has 0 aliphatic heterocycles. The third-order valence-corrected chi connectivity index (χ3v) is 3.32. The van der Waals surface area contributed by atoms with E-state index in [2.05, 4.69) is 10.1 Å². The Bertz CT molecular complexity index is 776. The summed E-state index contributed by atoms with van der Waals surface area (Å²) in [6.07, 6.45) is 0. The molecule has 0 saturated carbocycles. The zero-order valence-electron chi connectivity index (χ0n) is 9.53. The second-order valence-electron chi connectivity index (χ2n) is 3.83. The summed E-state index contributed by atoms with van der Waals surface area (Å²) in [5.41, 5.74) is 2.19. The molecule has 19 heavy (non-hydrogen) atoms. The number of para-hydroxylation sites is 2. The van der Waals surface area contributed by atoms with Gasteiger partial charge in [0.2, 0.25) is 0 Å². The molecule has 8 heteroatoms. The molecule has 0 N–H and O–H groups in total. The normalized spacial score (nSPS) is 11.5. The number of halogens is 2. The van der Waals surface area contributed by atoms with Crippen molar-refractivity contribution in [2.24, 2.45) is 0 Å². The van der Waals surface area contributed by atoms with E-state index in [4.69, 9.17) is 0 Å². The molecule has 3 rings (SSSR count). The molecule has 2 heterocycles. The van der Waals surface area contributed by atoms with E-state index in [1.807, 2.05) is 0 Å². The van der Waals surface area contributed by atoms with Crippen molar-refractivity contribution in [2.75, 3.05) is 0 Å². The maximum absolute atomic E-state index is 13.1. The van der Waals surface area contributed by atoms with Crippen molar-refractivity contribution >= 4 is 22.4 Å². The number of nitrogens with zero attached hydrogens (tertiary/aromatic N) is 4. The Labute approximate surface area is 109 Å². The summed E-state index contributed by atoms with van der Waals surface area (Å²) in [5, 5.41) is 3.81. The first kappa shape index (κ1) is 12.0. The molecule has 0 unspecified atom stereocenters. The molecular weight excluding hydrogens is 274 g/mol. The molecule has 0 saturated heterocycles. The molecule has 0 spiro atoms. The van der Waals surface area contributed by atoms with Gasteiger partial charge in [-0.05, 0) is 12.1 Å². The molecule has 3 aromatic rings. The minimum atomic E-state index is -2.71. The molecule has 0 fully saturated rings. The van der Waals surface area contributed by atoms with Gasteiger partial charge in [-0.2, -0.15) is 13.9 Å². The van der Waals surface area contributed by atoms with Crippen molar-refractivity contribution in [1.29, 1.82) is 0 Å². The lowest BCUT2D eigenvalue weighted by atomic mass is 10.3. The Hall–Kier alpha value is -2.09. The SMILES string of the molecule is O=c1scnn1Cc1nc2ccccc2n1C(F)F. The van der Waals surface area contributed by atoms with E-state index in [1.54, 1.807) is 24.3 Å². The second kappa shape index (κ2) is 4.54. The van der Waals surface area contributed by atoms with E-state index in [-0.39, 0.29) is 17.2 Å². The first-order valence-electron chi connectivity index (χ1n) is 5.41. The van der Waals surface area contributed by atoms with Crippen LogP contribution in [0.1, 0.15) is 12.4 Å². The maximum Gasteiger partial charge on any atom is 0.325 e. The van der Waals surface area contributed by atoms with Crippen molar-refractivity contribution < 1.29 is 8.78 Å². The van der Waals surface area contributed by atoms with Gasteiger partial charge in [0, 0.05) is 0 Å². The lowest BCUT2D eigenvalue weighted by Crippen LogP contribution is -2.18. The molecule has 0 amide bonds. The van der Waals surface area contributed by atoms with E-state index in [0.717, 1.165) is 20.6 Å². The number of alkyl halides is 2. The molecule has 0 bridgehead atoms. The predicted octanol–water partition coefficient (Wildman–Crippen LogP) is 2.10. The van der Waals surface area contributed by atoms with Gasteiger partial charge in [0.05, 0.1) is 11.0 Å². The predicted molar refractivity (Wildman–Crippen MR) is 66.5 cm³/mol. The van der Waals surface area contributed by atoms with E-state index < -0.39 is 6.55 Å². The highest BCUT2D eigenvalue weighted by Gasteiger charge is 2.18. The first-order valence-corrected chi connectivity index (χ1v) is 6.29. The number of hydrogen-bond donors (Lipinski definition) is 0. The van der Waals surface area contributed by atoms with Gasteiger partial charge in [-0.1, -0.05) is 23.5 Å². The van der Waals surface area contributed by atoms with Gasteiger partial charge in [-0.25, -0.2) is 9.67 Å². The zero-order valence-corrected chi connectivity index (χ0v) is 10.3. The topological polar surface area (TPSA) is 52.7 Å². The lowest BCUT2D eigenvalue weighted by molar-refractivity contribution is 0.0710. The van der Waals surface area contributed by atoms with Gasteiger partial charge >= 0.3 is 11.4 Å². The Morgan fingerprint density at radius 3 is 2.79 bits per heavy atom. The Morgan fingerprint density at radius 2 is 2.11 bits per heavy atom. The van der Waals surface area contributed by atoms with Gasteiger partial charge in [0.25, 0.3) is 0 Å². The monoisotopic (exact) mass is 282 g/mol. The molecule has 0 atom stereocenters. The van der Waals surface area contributed by atoms with Gasteiger partial charge < -0.3 is 0 Å². The molecule has 0 radical (unpaired) electrons. The number of imidazole rings is 1. The van der Waals surface area contributed by atoms with Gasteiger partial charge in [0.15, 0.2) is 0 Å². The quantitative estimate of drug-likeness (QED) is 0.739. The fraction of sp³-hybridized carbons (Fsp3) is 0.182. The van der Waals surface area contributed by atoms with Crippen LogP contribution in [0, 0.1) is 0 Å². The van der Waals surface area contributed by atoms with Crippen LogP contribution in [0.25, 0.3) is 11.0 Å². The molecule has 0 aliphatic carbocycles. The average Bonchev–Trinajstić information content (AvgIpc) is 2.93. The molecule has 2 aromatic heterocycles. The van der Waals surface area contributed by atoms with Gasteiger partial charge in [-0.15, -0.1) is 0 Å². The average molecular weight is 282 g/mol. The number of rotatable bonds is 3. The van der Waals surface area contributed by atoms with Crippen molar-refractivity contribution in [2.45, 2.75) is 13.1 Å². The molecular formula is C11H8F2N4OS. The molecule has 0 aliphatic rings. The van der Waals surface area contributed by atoms with Crippen LogP contribution >= 0.6 is 11.3 Å². The van der Waals surface area contributed by atoms with Crippen LogP contribution in [-0.4, -0.2) is 19.3 Å². The fourth-order valence-corrected chi connectivity index (χ4v) is 2.38. The van der Waals surface area contributed by atoms with E-state index >= 15 is 0 Å². The first-order chi connectivity index (χ1) is 9.16. The lowest BCUT2D eigenvalue weighted by Gasteiger charge is -2.06. The Balaban J connectivity index is 2.15. The Kier molecular flexibility index (Phi) is 2.86. The van der Waals surface area contributed by atoms with Crippen molar-refractivity contribution in [3.05, 3.63) is 45.3 Å². The third-order valence-electron chi connectivity index (χ3n) is 2.71. The van der Waals surface area contributed by atoms with E-state index in [9.17, 15) is 13.6 Å². The van der Waals surface area contributed by atoms with Crippen molar-refractivity contribution in [1.82, 2.24) is 19.3 Å². The molecule has 5 nitrogen and oxygen atoms in total. The van der Waals surface area contributed by atoms with Crippen LogP contribution in [0.2, 0.25) is 0 Å². The van der Waals surface area contributed by atoms with Crippen LogP contribution in [0.15, 0.2) is 34.6 Å².